The van der Waals surface area contributed by atoms with Gasteiger partial charge in [0.15, 0.2) is 0 Å². The van der Waals surface area contributed by atoms with E-state index >= 15 is 0 Å². The zero-order valence-electron chi connectivity index (χ0n) is 5.96. The summed E-state index contributed by atoms with van der Waals surface area (Å²) in [4.78, 5) is 4.92. The number of ether oxygens (including phenoxy) is 1. The molecule has 0 aromatic carbocycles. The Morgan fingerprint density at radius 1 is 1.44 bits per heavy atom. The van der Waals surface area contributed by atoms with E-state index in [1.54, 1.807) is 7.11 Å². The first-order chi connectivity index (χ1) is 4.31. The first-order valence-electron chi connectivity index (χ1n) is 2.95. The van der Waals surface area contributed by atoms with E-state index in [2.05, 4.69) is 0 Å². The van der Waals surface area contributed by atoms with Crippen LogP contribution in [0.4, 0.5) is 0 Å². The minimum Gasteiger partial charge on any atom is -0.382 e. The van der Waals surface area contributed by atoms with E-state index in [9.17, 15) is 0 Å². The van der Waals surface area contributed by atoms with Crippen molar-refractivity contribution < 1.29 is 9.57 Å². The van der Waals surface area contributed by atoms with E-state index in [1.807, 2.05) is 6.92 Å². The largest absolute Gasteiger partial charge is 0.382 e. The van der Waals surface area contributed by atoms with Crippen LogP contribution in [0.15, 0.2) is 0 Å². The van der Waals surface area contributed by atoms with Gasteiger partial charge in [0.1, 0.15) is 0 Å². The van der Waals surface area contributed by atoms with Gasteiger partial charge in [0.05, 0.1) is 13.2 Å². The van der Waals surface area contributed by atoms with Crippen LogP contribution in [-0.2, 0) is 9.57 Å². The van der Waals surface area contributed by atoms with Gasteiger partial charge in [-0.1, -0.05) is 0 Å². The van der Waals surface area contributed by atoms with Crippen molar-refractivity contribution in [3.8, 4) is 0 Å². The Balaban J connectivity index is 2.88. The lowest BCUT2D eigenvalue weighted by Gasteiger charge is -2.12. The summed E-state index contributed by atoms with van der Waals surface area (Å²) in [7, 11) is 1.62. The lowest BCUT2D eigenvalue weighted by Crippen LogP contribution is -2.31. The summed E-state index contributed by atoms with van der Waals surface area (Å²) in [6, 6.07) is 0. The zero-order valence-corrected chi connectivity index (χ0v) is 5.96. The molecule has 0 saturated heterocycles. The average molecular weight is 134 g/mol. The number of nitrogens with two attached hydrogens (primary N) is 1. The Bertz CT molecular complexity index is 60.9. The molecule has 2 N–H and O–H groups in total. The van der Waals surface area contributed by atoms with Gasteiger partial charge >= 0.3 is 0 Å². The second-order valence-corrected chi connectivity index (χ2v) is 1.56. The molecule has 0 saturated carbocycles. The third-order valence-corrected chi connectivity index (χ3v) is 0.856. The molecule has 0 atom stereocenters. The second kappa shape index (κ2) is 5.97. The second-order valence-electron chi connectivity index (χ2n) is 1.56. The predicted molar refractivity (Wildman–Crippen MR) is 34.4 cm³/mol. The topological polar surface area (TPSA) is 47.7 Å². The van der Waals surface area contributed by atoms with Crippen LogP contribution < -0.4 is 5.84 Å². The minimum absolute atomic E-state index is 0.515. The third-order valence-electron chi connectivity index (χ3n) is 0.856. The Labute approximate surface area is 55.5 Å². The molecular weight excluding hydrogens is 120 g/mol. The van der Waals surface area contributed by atoms with Crippen molar-refractivity contribution in [1.82, 2.24) is 5.17 Å². The molecule has 0 aliphatic rings. The molecule has 56 valence electrons. The lowest BCUT2D eigenvalue weighted by atomic mass is 10.8. The van der Waals surface area contributed by atoms with Gasteiger partial charge < -0.3 is 4.74 Å². The van der Waals surface area contributed by atoms with Crippen molar-refractivity contribution in [2.75, 3.05) is 26.9 Å². The van der Waals surface area contributed by atoms with Gasteiger partial charge in [0.2, 0.25) is 0 Å². The van der Waals surface area contributed by atoms with Crippen LogP contribution in [0, 0.1) is 0 Å². The Hall–Kier alpha value is -0.160. The van der Waals surface area contributed by atoms with E-state index in [0.29, 0.717) is 19.8 Å². The van der Waals surface area contributed by atoms with Crippen molar-refractivity contribution in [2.45, 2.75) is 6.92 Å². The van der Waals surface area contributed by atoms with Crippen LogP contribution in [0.5, 0.6) is 0 Å². The first kappa shape index (κ1) is 8.84. The number of hydrazine groups is 1. The van der Waals surface area contributed by atoms with Crippen molar-refractivity contribution in [3.63, 3.8) is 0 Å². The highest BCUT2D eigenvalue weighted by Gasteiger charge is 1.91. The molecule has 4 nitrogen and oxygen atoms in total. The van der Waals surface area contributed by atoms with Crippen molar-refractivity contribution in [2.24, 2.45) is 5.84 Å². The van der Waals surface area contributed by atoms with E-state index in [-0.39, 0.29) is 0 Å². The SMILES string of the molecule is CCN(N)OCCOC. The quantitative estimate of drug-likeness (QED) is 0.320. The third kappa shape index (κ3) is 5.72. The highest BCUT2D eigenvalue weighted by atomic mass is 16.7. The number of rotatable bonds is 5. The Kier molecular flexibility index (Phi) is 5.86. The minimum atomic E-state index is 0.515. The molecule has 0 bridgehead atoms. The Morgan fingerprint density at radius 3 is 2.56 bits per heavy atom. The summed E-state index contributed by atoms with van der Waals surface area (Å²) in [5.41, 5.74) is 0. The summed E-state index contributed by atoms with van der Waals surface area (Å²) >= 11 is 0. The molecule has 0 heterocycles. The van der Waals surface area contributed by atoms with Gasteiger partial charge in [-0.15, -0.1) is 5.17 Å². The fourth-order valence-corrected chi connectivity index (χ4v) is 0.329. The van der Waals surface area contributed by atoms with Crippen molar-refractivity contribution in [1.29, 1.82) is 0 Å². The molecule has 0 radical (unpaired) electrons. The number of nitrogens with zero attached hydrogens (tertiary/aromatic N) is 1. The normalized spacial score (nSPS) is 10.7. The molecule has 0 amide bonds. The highest BCUT2D eigenvalue weighted by Crippen LogP contribution is 1.78. The van der Waals surface area contributed by atoms with Crippen molar-refractivity contribution in [3.05, 3.63) is 0 Å². The summed E-state index contributed by atoms with van der Waals surface area (Å²) in [5, 5.41) is 1.28. The fraction of sp³-hybridized carbons (Fsp3) is 1.00. The van der Waals surface area contributed by atoms with Crippen LogP contribution in [0.1, 0.15) is 6.92 Å². The summed E-state index contributed by atoms with van der Waals surface area (Å²) in [6.07, 6.45) is 0. The van der Waals surface area contributed by atoms with Crippen LogP contribution in [0.25, 0.3) is 0 Å². The smallest absolute Gasteiger partial charge is 0.0935 e. The Morgan fingerprint density at radius 2 is 2.11 bits per heavy atom. The molecule has 0 aliphatic carbocycles. The molecule has 0 aliphatic heterocycles. The van der Waals surface area contributed by atoms with Crippen LogP contribution >= 0.6 is 0 Å². The van der Waals surface area contributed by atoms with Crippen molar-refractivity contribution >= 4 is 0 Å². The van der Waals surface area contributed by atoms with E-state index in [1.165, 1.54) is 5.17 Å². The molecule has 9 heavy (non-hydrogen) atoms. The predicted octanol–water partition coefficient (Wildman–Crippen LogP) is -0.240. The standard InChI is InChI=1S/C5H14N2O2/c1-3-7(6)9-5-4-8-2/h3-6H2,1-2H3. The van der Waals surface area contributed by atoms with Gasteiger partial charge in [-0.25, -0.2) is 5.84 Å². The van der Waals surface area contributed by atoms with Gasteiger partial charge in [-0.3, -0.25) is 4.84 Å². The van der Waals surface area contributed by atoms with Gasteiger partial charge in [-0.05, 0) is 6.92 Å². The van der Waals surface area contributed by atoms with Crippen LogP contribution in [-0.4, -0.2) is 32.0 Å². The number of methoxy groups -OCH3 is 1. The monoisotopic (exact) mass is 134 g/mol. The molecule has 0 rings (SSSR count). The van der Waals surface area contributed by atoms with Gasteiger partial charge in [0.25, 0.3) is 0 Å². The molecule has 4 heteroatoms. The molecule has 0 aromatic heterocycles. The molecule has 0 unspecified atom stereocenters. The maximum absolute atomic E-state index is 5.27. The van der Waals surface area contributed by atoms with Gasteiger partial charge in [0, 0.05) is 13.7 Å². The first-order valence-corrected chi connectivity index (χ1v) is 2.95. The summed E-state index contributed by atoms with van der Waals surface area (Å²) in [5.74, 6) is 5.27. The van der Waals surface area contributed by atoms with Gasteiger partial charge in [-0.2, -0.15) is 0 Å². The molecular formula is C5H14N2O2. The summed E-state index contributed by atoms with van der Waals surface area (Å²) < 4.78 is 4.73. The number of hydroxylamine groups is 1. The van der Waals surface area contributed by atoms with E-state index in [4.69, 9.17) is 15.4 Å². The number of hydrogen-bond acceptors (Lipinski definition) is 4. The average Bonchev–Trinajstić information content (AvgIpc) is 1.89. The maximum Gasteiger partial charge on any atom is 0.0935 e. The van der Waals surface area contributed by atoms with E-state index in [0.717, 1.165) is 0 Å². The fourth-order valence-electron chi connectivity index (χ4n) is 0.329. The van der Waals surface area contributed by atoms with E-state index < -0.39 is 0 Å². The highest BCUT2D eigenvalue weighted by molar-refractivity contribution is 4.23. The van der Waals surface area contributed by atoms with Crippen LogP contribution in [0.3, 0.4) is 0 Å². The number of hydrogen-bond donors (Lipinski definition) is 1. The lowest BCUT2D eigenvalue weighted by molar-refractivity contribution is -0.167. The zero-order chi connectivity index (χ0) is 7.11. The maximum atomic E-state index is 5.27. The summed E-state index contributed by atoms with van der Waals surface area (Å²) in [6.45, 7) is 3.69. The van der Waals surface area contributed by atoms with Crippen LogP contribution in [0.2, 0.25) is 0 Å². The molecule has 0 fully saturated rings. The molecule has 0 spiro atoms. The molecule has 0 aromatic rings.